The molecule has 0 radical (unpaired) electrons. The van der Waals surface area contributed by atoms with E-state index in [1.165, 1.54) is 22.7 Å². The van der Waals surface area contributed by atoms with Crippen molar-refractivity contribution in [3.8, 4) is 11.3 Å². The quantitative estimate of drug-likeness (QED) is 0.664. The summed E-state index contributed by atoms with van der Waals surface area (Å²) in [5.41, 5.74) is 1.10. The van der Waals surface area contributed by atoms with Gasteiger partial charge >= 0.3 is 0 Å². The Morgan fingerprint density at radius 1 is 1.17 bits per heavy atom. The van der Waals surface area contributed by atoms with E-state index < -0.39 is 11.6 Å². The van der Waals surface area contributed by atoms with Gasteiger partial charge in [0.2, 0.25) is 5.78 Å². The van der Waals surface area contributed by atoms with Crippen molar-refractivity contribution in [1.29, 1.82) is 0 Å². The van der Waals surface area contributed by atoms with Crippen LogP contribution >= 0.6 is 0 Å². The second-order valence-electron chi connectivity index (χ2n) is 5.90. The number of hydrogen-bond donors (Lipinski definition) is 0. The molecule has 3 aromatic rings. The second kappa shape index (κ2) is 6.55. The first-order valence-corrected chi connectivity index (χ1v) is 8.06. The first-order chi connectivity index (χ1) is 11.5. The summed E-state index contributed by atoms with van der Waals surface area (Å²) in [7, 11) is 0. The van der Waals surface area contributed by atoms with Crippen molar-refractivity contribution >= 4 is 5.78 Å². The standard InChI is InChI=1S/C18H19F2N3O/c1-3-4-5-8-22-12(2)9-17(24)23-11-16(21-18(22)23)14-7-6-13(19)10-15(14)20/h6-7,9-11H,3-5,8H2,1-2H3. The number of aromatic nitrogens is 3. The topological polar surface area (TPSA) is 39.3 Å². The van der Waals surface area contributed by atoms with Gasteiger partial charge in [0.25, 0.3) is 5.56 Å². The Balaban J connectivity index is 2.14. The van der Waals surface area contributed by atoms with Crippen LogP contribution in [0.2, 0.25) is 0 Å². The molecule has 0 spiro atoms. The summed E-state index contributed by atoms with van der Waals surface area (Å²) in [5, 5.41) is 0. The highest BCUT2D eigenvalue weighted by molar-refractivity contribution is 5.62. The predicted octanol–water partition coefficient (Wildman–Crippen LogP) is 3.94. The van der Waals surface area contributed by atoms with Gasteiger partial charge in [-0.2, -0.15) is 0 Å². The summed E-state index contributed by atoms with van der Waals surface area (Å²) in [6.45, 7) is 4.73. The molecule has 0 atom stereocenters. The number of imidazole rings is 1. The molecule has 0 aliphatic rings. The Morgan fingerprint density at radius 2 is 1.96 bits per heavy atom. The number of fused-ring (bicyclic) bond motifs is 1. The van der Waals surface area contributed by atoms with Crippen molar-refractivity contribution in [1.82, 2.24) is 14.0 Å². The van der Waals surface area contributed by atoms with Gasteiger partial charge in [-0.25, -0.2) is 13.8 Å². The van der Waals surface area contributed by atoms with Gasteiger partial charge in [0, 0.05) is 36.1 Å². The van der Waals surface area contributed by atoms with Crippen LogP contribution in [-0.4, -0.2) is 14.0 Å². The maximum absolute atomic E-state index is 14.0. The zero-order chi connectivity index (χ0) is 17.3. The van der Waals surface area contributed by atoms with Crippen LogP contribution in [0.4, 0.5) is 8.78 Å². The normalized spacial score (nSPS) is 11.3. The molecular weight excluding hydrogens is 312 g/mol. The lowest BCUT2D eigenvalue weighted by Crippen LogP contribution is -2.18. The van der Waals surface area contributed by atoms with Crippen molar-refractivity contribution in [2.75, 3.05) is 0 Å². The van der Waals surface area contributed by atoms with Crippen LogP contribution in [0.3, 0.4) is 0 Å². The number of benzene rings is 1. The average molecular weight is 331 g/mol. The first-order valence-electron chi connectivity index (χ1n) is 8.06. The highest BCUT2D eigenvalue weighted by atomic mass is 19.1. The van der Waals surface area contributed by atoms with Gasteiger partial charge in [-0.05, 0) is 25.5 Å². The van der Waals surface area contributed by atoms with E-state index in [0.29, 0.717) is 11.5 Å². The fourth-order valence-electron chi connectivity index (χ4n) is 2.83. The van der Waals surface area contributed by atoms with Gasteiger partial charge in [-0.15, -0.1) is 0 Å². The minimum atomic E-state index is -0.694. The van der Waals surface area contributed by atoms with Crippen molar-refractivity contribution in [3.05, 3.63) is 58.1 Å². The molecule has 0 fully saturated rings. The molecule has 2 heterocycles. The summed E-state index contributed by atoms with van der Waals surface area (Å²) >= 11 is 0. The Morgan fingerprint density at radius 3 is 2.67 bits per heavy atom. The molecule has 0 aliphatic heterocycles. The maximum Gasteiger partial charge on any atom is 0.259 e. The van der Waals surface area contributed by atoms with Crippen LogP contribution in [0, 0.1) is 18.6 Å². The summed E-state index contributed by atoms with van der Waals surface area (Å²) in [4.78, 5) is 16.7. The van der Waals surface area contributed by atoms with Crippen molar-refractivity contribution in [3.63, 3.8) is 0 Å². The average Bonchev–Trinajstić information content (AvgIpc) is 2.96. The van der Waals surface area contributed by atoms with Crippen molar-refractivity contribution in [2.24, 2.45) is 0 Å². The van der Waals surface area contributed by atoms with E-state index in [1.54, 1.807) is 6.07 Å². The molecule has 0 saturated heterocycles. The van der Waals surface area contributed by atoms with E-state index >= 15 is 0 Å². The number of unbranched alkanes of at least 4 members (excludes halogenated alkanes) is 2. The molecule has 4 nitrogen and oxygen atoms in total. The van der Waals surface area contributed by atoms with Crippen LogP contribution in [0.15, 0.2) is 35.3 Å². The molecule has 2 aromatic heterocycles. The molecule has 3 rings (SSSR count). The number of halogens is 2. The number of hydrogen-bond acceptors (Lipinski definition) is 2. The molecule has 0 amide bonds. The largest absolute Gasteiger partial charge is 0.315 e. The van der Waals surface area contributed by atoms with E-state index in [4.69, 9.17) is 0 Å². The predicted molar refractivity (Wildman–Crippen MR) is 89.1 cm³/mol. The van der Waals surface area contributed by atoms with Gasteiger partial charge < -0.3 is 4.57 Å². The van der Waals surface area contributed by atoms with E-state index in [9.17, 15) is 13.6 Å². The molecule has 0 saturated carbocycles. The highest BCUT2D eigenvalue weighted by Gasteiger charge is 2.14. The molecule has 0 N–H and O–H groups in total. The van der Waals surface area contributed by atoms with Gasteiger partial charge in [0.05, 0.1) is 5.69 Å². The zero-order valence-electron chi connectivity index (χ0n) is 13.7. The number of rotatable bonds is 5. The monoisotopic (exact) mass is 331 g/mol. The highest BCUT2D eigenvalue weighted by Crippen LogP contribution is 2.23. The fourth-order valence-corrected chi connectivity index (χ4v) is 2.83. The van der Waals surface area contributed by atoms with Gasteiger partial charge in [0.1, 0.15) is 11.6 Å². The fraction of sp³-hybridized carbons (Fsp3) is 0.333. The molecular formula is C18H19F2N3O. The van der Waals surface area contributed by atoms with Gasteiger partial charge in [0.15, 0.2) is 0 Å². The van der Waals surface area contributed by atoms with Crippen LogP contribution in [0.5, 0.6) is 0 Å². The van der Waals surface area contributed by atoms with E-state index in [2.05, 4.69) is 11.9 Å². The van der Waals surface area contributed by atoms with Crippen LogP contribution in [-0.2, 0) is 6.54 Å². The number of aryl methyl sites for hydroxylation is 2. The molecule has 1 aromatic carbocycles. The zero-order valence-corrected chi connectivity index (χ0v) is 13.7. The smallest absolute Gasteiger partial charge is 0.259 e. The lowest BCUT2D eigenvalue weighted by molar-refractivity contribution is 0.585. The Kier molecular flexibility index (Phi) is 4.46. The lowest BCUT2D eigenvalue weighted by Gasteiger charge is -2.11. The van der Waals surface area contributed by atoms with Gasteiger partial charge in [-0.1, -0.05) is 19.8 Å². The first kappa shape index (κ1) is 16.4. The Bertz CT molecular complexity index is 943. The van der Waals surface area contributed by atoms with Crippen molar-refractivity contribution < 1.29 is 8.78 Å². The summed E-state index contributed by atoms with van der Waals surface area (Å²) in [5.74, 6) is -0.857. The minimum absolute atomic E-state index is 0.178. The van der Waals surface area contributed by atoms with Crippen LogP contribution < -0.4 is 5.56 Å². The molecule has 6 heteroatoms. The van der Waals surface area contributed by atoms with Gasteiger partial charge in [-0.3, -0.25) is 9.20 Å². The number of nitrogens with zero attached hydrogens (tertiary/aromatic N) is 3. The molecule has 0 bridgehead atoms. The lowest BCUT2D eigenvalue weighted by atomic mass is 10.1. The summed E-state index contributed by atoms with van der Waals surface area (Å²) in [6, 6.07) is 4.88. The van der Waals surface area contributed by atoms with E-state index in [0.717, 1.165) is 37.6 Å². The van der Waals surface area contributed by atoms with E-state index in [-0.39, 0.29) is 11.1 Å². The summed E-state index contributed by atoms with van der Waals surface area (Å²) in [6.07, 6.45) is 4.65. The van der Waals surface area contributed by atoms with E-state index in [1.807, 2.05) is 11.5 Å². The molecule has 0 aliphatic carbocycles. The Hall–Kier alpha value is -2.50. The van der Waals surface area contributed by atoms with Crippen molar-refractivity contribution in [2.45, 2.75) is 39.7 Å². The minimum Gasteiger partial charge on any atom is -0.315 e. The Labute approximate surface area is 138 Å². The molecule has 126 valence electrons. The van der Waals surface area contributed by atoms with Crippen LogP contribution in [0.1, 0.15) is 31.9 Å². The molecule has 24 heavy (non-hydrogen) atoms. The third kappa shape index (κ3) is 2.96. The molecule has 0 unspecified atom stereocenters. The third-order valence-corrected chi connectivity index (χ3v) is 4.12. The summed E-state index contributed by atoms with van der Waals surface area (Å²) < 4.78 is 30.5. The third-order valence-electron chi connectivity index (χ3n) is 4.12. The maximum atomic E-state index is 14.0. The SMILES string of the molecule is CCCCCn1c(C)cc(=O)n2cc(-c3ccc(F)cc3F)nc12. The second-order valence-corrected chi connectivity index (χ2v) is 5.90. The van der Waals surface area contributed by atoms with Crippen LogP contribution in [0.25, 0.3) is 17.0 Å².